The molecule has 0 amide bonds. The topological polar surface area (TPSA) is 52.6 Å². The van der Waals surface area contributed by atoms with Crippen LogP contribution in [-0.2, 0) is 19.1 Å². The maximum Gasteiger partial charge on any atom is 0.305 e. The van der Waals surface area contributed by atoms with Gasteiger partial charge in [-0.05, 0) is 77.0 Å². The molecule has 0 unspecified atom stereocenters. The van der Waals surface area contributed by atoms with Crippen LogP contribution in [0.2, 0.25) is 0 Å². The Balaban J connectivity index is 3.35. The molecule has 0 heterocycles. The highest BCUT2D eigenvalue weighted by Crippen LogP contribution is 2.11. The summed E-state index contributed by atoms with van der Waals surface area (Å²) in [5, 5.41) is 0. The minimum Gasteiger partial charge on any atom is -0.466 e. The number of carbonyl (C=O) groups excluding carboxylic acids is 2. The van der Waals surface area contributed by atoms with Crippen LogP contribution in [0.3, 0.4) is 0 Å². The van der Waals surface area contributed by atoms with Gasteiger partial charge in [0, 0.05) is 12.8 Å². The molecule has 0 N–H and O–H groups in total. The summed E-state index contributed by atoms with van der Waals surface area (Å²) in [6.45, 7) is 5.51. The lowest BCUT2D eigenvalue weighted by molar-refractivity contribution is -0.145. The van der Waals surface area contributed by atoms with Crippen molar-refractivity contribution in [1.82, 2.24) is 0 Å². The van der Waals surface area contributed by atoms with Crippen LogP contribution in [0.4, 0.5) is 0 Å². The van der Waals surface area contributed by atoms with Gasteiger partial charge in [-0.25, -0.2) is 0 Å². The van der Waals surface area contributed by atoms with Crippen LogP contribution < -0.4 is 0 Å². The molecule has 0 radical (unpaired) electrons. The van der Waals surface area contributed by atoms with E-state index in [4.69, 9.17) is 9.47 Å². The van der Waals surface area contributed by atoms with Crippen LogP contribution >= 0.6 is 0 Å². The highest BCUT2D eigenvalue weighted by Gasteiger charge is 2.07. The van der Waals surface area contributed by atoms with Crippen molar-refractivity contribution in [2.75, 3.05) is 13.2 Å². The van der Waals surface area contributed by atoms with Crippen molar-refractivity contribution in [2.24, 2.45) is 0 Å². The monoisotopic (exact) mass is 631 g/mol. The van der Waals surface area contributed by atoms with Gasteiger partial charge in [-0.15, -0.1) is 0 Å². The minimum absolute atomic E-state index is 0.194. The van der Waals surface area contributed by atoms with Crippen LogP contribution in [0.25, 0.3) is 0 Å². The highest BCUT2D eigenvalue weighted by molar-refractivity contribution is 5.72. The Hall–Kier alpha value is -1.84. The van der Waals surface area contributed by atoms with Gasteiger partial charge < -0.3 is 9.47 Å². The van der Waals surface area contributed by atoms with Gasteiger partial charge >= 0.3 is 11.9 Å². The fourth-order valence-corrected chi connectivity index (χ4v) is 5.33. The summed E-state index contributed by atoms with van der Waals surface area (Å²) in [6.07, 6.45) is 47.2. The lowest BCUT2D eigenvalue weighted by atomic mass is 10.1. The Morgan fingerprint density at radius 2 is 0.689 bits per heavy atom. The predicted octanol–water partition coefficient (Wildman–Crippen LogP) is 13.1. The van der Waals surface area contributed by atoms with Crippen LogP contribution in [0.1, 0.15) is 200 Å². The van der Waals surface area contributed by atoms with Crippen LogP contribution in [0.15, 0.2) is 36.5 Å². The summed E-state index contributed by atoms with van der Waals surface area (Å²) in [5.74, 6) is -0.389. The van der Waals surface area contributed by atoms with Crippen molar-refractivity contribution in [3.05, 3.63) is 36.5 Å². The molecule has 0 aliphatic heterocycles. The van der Waals surface area contributed by atoms with E-state index in [-0.39, 0.29) is 11.9 Å². The fourth-order valence-electron chi connectivity index (χ4n) is 5.33. The molecule has 0 aromatic heterocycles. The molecule has 0 aromatic carbocycles. The molecule has 0 aromatic rings. The minimum atomic E-state index is -0.196. The maximum absolute atomic E-state index is 11.9. The van der Waals surface area contributed by atoms with Crippen molar-refractivity contribution >= 4 is 11.9 Å². The summed E-state index contributed by atoms with van der Waals surface area (Å²) >= 11 is 0. The highest BCUT2D eigenvalue weighted by atomic mass is 16.5. The molecule has 0 fully saturated rings. The molecule has 0 bridgehead atoms. The van der Waals surface area contributed by atoms with E-state index < -0.39 is 0 Å². The maximum atomic E-state index is 11.9. The summed E-state index contributed by atoms with van der Waals surface area (Å²) < 4.78 is 10.7. The largest absolute Gasteiger partial charge is 0.466 e. The molecule has 0 atom stereocenters. The zero-order valence-electron chi connectivity index (χ0n) is 30.0. The van der Waals surface area contributed by atoms with E-state index in [1.807, 2.05) is 0 Å². The van der Waals surface area contributed by atoms with Crippen molar-refractivity contribution in [3.8, 4) is 0 Å². The van der Waals surface area contributed by atoms with E-state index in [1.54, 1.807) is 0 Å². The molecule has 0 aliphatic carbocycles. The second-order valence-corrected chi connectivity index (χ2v) is 12.8. The average Bonchev–Trinajstić information content (AvgIpc) is 3.04. The molecule has 0 spiro atoms. The van der Waals surface area contributed by atoms with Crippen LogP contribution in [0, 0.1) is 0 Å². The molecule has 4 heteroatoms. The first-order valence-electron chi connectivity index (χ1n) is 19.5. The van der Waals surface area contributed by atoms with Crippen LogP contribution in [-0.4, -0.2) is 25.2 Å². The van der Waals surface area contributed by atoms with Gasteiger partial charge in [-0.1, -0.05) is 147 Å². The first kappa shape index (κ1) is 43.2. The number of esters is 2. The van der Waals surface area contributed by atoms with Gasteiger partial charge in [-0.3, -0.25) is 9.59 Å². The zero-order valence-corrected chi connectivity index (χ0v) is 30.0. The van der Waals surface area contributed by atoms with Gasteiger partial charge in [0.15, 0.2) is 0 Å². The number of allylic oxidation sites excluding steroid dienone is 6. The van der Waals surface area contributed by atoms with Crippen molar-refractivity contribution in [1.29, 1.82) is 0 Å². The number of carbonyl (C=O) groups is 2. The van der Waals surface area contributed by atoms with Gasteiger partial charge in [0.1, 0.15) is 0 Å². The third-order valence-electron chi connectivity index (χ3n) is 8.29. The molecular weight excluding hydrogens is 556 g/mol. The van der Waals surface area contributed by atoms with Crippen molar-refractivity contribution in [3.63, 3.8) is 0 Å². The lowest BCUT2D eigenvalue weighted by Crippen LogP contribution is -2.09. The smallest absolute Gasteiger partial charge is 0.305 e. The summed E-state index contributed by atoms with van der Waals surface area (Å²) in [5.41, 5.74) is 0. The molecule has 262 valence electrons. The third-order valence-corrected chi connectivity index (χ3v) is 8.29. The summed E-state index contributed by atoms with van der Waals surface area (Å²) in [7, 11) is 0. The van der Waals surface area contributed by atoms with E-state index in [1.165, 1.54) is 135 Å². The van der Waals surface area contributed by atoms with Gasteiger partial charge in [-0.2, -0.15) is 0 Å². The Bertz CT molecular complexity index is 708. The van der Waals surface area contributed by atoms with Gasteiger partial charge in [0.2, 0.25) is 0 Å². The predicted molar refractivity (Wildman–Crippen MR) is 195 cm³/mol. The molecule has 0 aliphatic rings. The number of hydrogen-bond donors (Lipinski definition) is 0. The van der Waals surface area contributed by atoms with Gasteiger partial charge in [0.25, 0.3) is 0 Å². The number of unbranched alkanes of at least 4 members (excludes halogenated alkanes) is 21. The van der Waals surface area contributed by atoms with Crippen molar-refractivity contribution in [2.45, 2.75) is 200 Å². The number of rotatable bonds is 35. The fraction of sp³-hybridized carbons (Fsp3) is 0.805. The second-order valence-electron chi connectivity index (χ2n) is 12.8. The Morgan fingerprint density at radius 3 is 1.11 bits per heavy atom. The summed E-state index contributed by atoms with van der Waals surface area (Å²) in [4.78, 5) is 23.8. The SMILES string of the molecule is CCCCC/C=C\C/C=C\CCCCCCCCOC(=O)CCCC(=O)OCCCCCCCC/C=C\CCCCCCCC. The van der Waals surface area contributed by atoms with E-state index in [0.717, 1.165) is 32.1 Å². The quantitative estimate of drug-likeness (QED) is 0.0397. The molecule has 0 rings (SSSR count). The molecular formula is C41H74O4. The Kier molecular flexibility index (Phi) is 36.8. The van der Waals surface area contributed by atoms with Crippen LogP contribution in [0.5, 0.6) is 0 Å². The molecule has 0 saturated heterocycles. The lowest BCUT2D eigenvalue weighted by Gasteiger charge is -2.06. The standard InChI is InChI=1S/C41H74O4/c1-3-5-7-9-11-13-15-17-19-21-23-25-27-29-31-33-38-44-40(42)36-35-37-41(43)45-39-34-32-30-28-26-24-22-20-18-16-14-12-10-8-6-4-2/h11,13,17-20H,3-10,12,14-16,21-39H2,1-2H3/b13-11-,19-17-,20-18-. The number of hydrogen-bond acceptors (Lipinski definition) is 4. The second kappa shape index (κ2) is 38.3. The van der Waals surface area contributed by atoms with Crippen molar-refractivity contribution < 1.29 is 19.1 Å². The van der Waals surface area contributed by atoms with E-state index in [9.17, 15) is 9.59 Å². The number of ether oxygens (including phenoxy) is 2. The molecule has 45 heavy (non-hydrogen) atoms. The van der Waals surface area contributed by atoms with E-state index >= 15 is 0 Å². The molecule has 0 saturated carbocycles. The van der Waals surface area contributed by atoms with E-state index in [0.29, 0.717) is 32.5 Å². The first-order valence-corrected chi connectivity index (χ1v) is 19.5. The van der Waals surface area contributed by atoms with Gasteiger partial charge in [0.05, 0.1) is 13.2 Å². The summed E-state index contributed by atoms with van der Waals surface area (Å²) in [6, 6.07) is 0. The molecule has 4 nitrogen and oxygen atoms in total. The zero-order chi connectivity index (χ0) is 32.7. The average molecular weight is 631 g/mol. The van der Waals surface area contributed by atoms with E-state index in [2.05, 4.69) is 50.3 Å². The normalized spacial score (nSPS) is 11.8. The Labute approximate surface area is 280 Å². The third kappa shape index (κ3) is 38.3. The first-order chi connectivity index (χ1) is 22.2. The Morgan fingerprint density at radius 1 is 0.378 bits per heavy atom.